The Morgan fingerprint density at radius 3 is 1.88 bits per heavy atom. The van der Waals surface area contributed by atoms with E-state index < -0.39 is 0 Å². The molecular weight excluding hydrogens is 106 g/mol. The normalized spacial score (nSPS) is 10.5. The van der Waals surface area contributed by atoms with E-state index in [1.807, 2.05) is 13.8 Å². The van der Waals surface area contributed by atoms with Gasteiger partial charge in [0.2, 0.25) is 0 Å². The Morgan fingerprint density at radius 1 is 1.25 bits per heavy atom. The maximum atomic E-state index is 5.17. The van der Waals surface area contributed by atoms with Crippen LogP contribution in [0.1, 0.15) is 13.8 Å². The molecule has 0 aromatic heterocycles. The largest absolute Gasteiger partial charge is 0.332 e. The molecule has 0 aromatic rings. The molecule has 0 heterocycles. The molecule has 8 heavy (non-hydrogen) atoms. The summed E-state index contributed by atoms with van der Waals surface area (Å²) in [5.74, 6) is 0. The zero-order chi connectivity index (χ0) is 6.41. The maximum Gasteiger partial charge on any atom is 0.297 e. The van der Waals surface area contributed by atoms with Crippen molar-refractivity contribution in [3.8, 4) is 0 Å². The summed E-state index contributed by atoms with van der Waals surface area (Å²) in [4.78, 5) is 0. The molecule has 0 atom stereocenters. The standard InChI is InChI=1S/C5H12NO2/c1-3-7-5(6)8-4-2/h3-4,6H2,1-2H3. The van der Waals surface area contributed by atoms with Gasteiger partial charge in [-0.1, -0.05) is 0 Å². The lowest BCUT2D eigenvalue weighted by Gasteiger charge is -2.06. The molecule has 0 amide bonds. The Morgan fingerprint density at radius 2 is 1.62 bits per heavy atom. The van der Waals surface area contributed by atoms with Crippen molar-refractivity contribution in [2.45, 2.75) is 13.8 Å². The molecule has 0 aliphatic heterocycles. The number of ether oxygens (including phenoxy) is 2. The van der Waals surface area contributed by atoms with E-state index in [4.69, 9.17) is 15.2 Å². The van der Waals surface area contributed by atoms with Gasteiger partial charge in [0.1, 0.15) is 0 Å². The lowest BCUT2D eigenvalue weighted by atomic mass is 10.8. The van der Waals surface area contributed by atoms with Gasteiger partial charge in [0.05, 0.1) is 0 Å². The molecule has 2 N–H and O–H groups in total. The van der Waals surface area contributed by atoms with Crippen molar-refractivity contribution in [1.29, 1.82) is 0 Å². The highest BCUT2D eigenvalue weighted by Gasteiger charge is 1.98. The zero-order valence-electron chi connectivity index (χ0n) is 5.31. The summed E-state index contributed by atoms with van der Waals surface area (Å²) in [6.07, 6.45) is 0.162. The van der Waals surface area contributed by atoms with Crippen LogP contribution in [0.4, 0.5) is 0 Å². The van der Waals surface area contributed by atoms with E-state index >= 15 is 0 Å². The molecule has 0 bridgehead atoms. The number of rotatable bonds is 4. The molecule has 0 aliphatic rings. The van der Waals surface area contributed by atoms with Gasteiger partial charge in [-0.25, -0.2) is 0 Å². The summed E-state index contributed by atoms with van der Waals surface area (Å²) in [5, 5.41) is 0. The van der Waals surface area contributed by atoms with Gasteiger partial charge in [-0.05, 0) is 13.8 Å². The fourth-order valence-corrected chi connectivity index (χ4v) is 0.326. The van der Waals surface area contributed by atoms with Gasteiger partial charge in [0, 0.05) is 13.2 Å². The summed E-state index contributed by atoms with van der Waals surface area (Å²) >= 11 is 0. The first-order valence-electron chi connectivity index (χ1n) is 2.69. The monoisotopic (exact) mass is 118 g/mol. The van der Waals surface area contributed by atoms with E-state index in [-0.39, 0.29) is 6.41 Å². The fourth-order valence-electron chi connectivity index (χ4n) is 0.326. The van der Waals surface area contributed by atoms with Crippen LogP contribution in [0.5, 0.6) is 0 Å². The Labute approximate surface area is 49.8 Å². The van der Waals surface area contributed by atoms with Gasteiger partial charge in [-0.2, -0.15) is 0 Å². The van der Waals surface area contributed by atoms with Crippen LogP contribution >= 0.6 is 0 Å². The minimum Gasteiger partial charge on any atom is -0.332 e. The van der Waals surface area contributed by atoms with Crippen LogP contribution in [0, 0.1) is 6.41 Å². The van der Waals surface area contributed by atoms with Crippen LogP contribution in [0.25, 0.3) is 0 Å². The van der Waals surface area contributed by atoms with E-state index in [1.165, 1.54) is 0 Å². The Kier molecular flexibility index (Phi) is 4.95. The molecule has 0 rings (SSSR count). The summed E-state index contributed by atoms with van der Waals surface area (Å²) in [6.45, 7) is 4.83. The predicted octanol–water partition coefficient (Wildman–Crippen LogP) is 0.465. The maximum absolute atomic E-state index is 5.17. The summed E-state index contributed by atoms with van der Waals surface area (Å²) in [6, 6.07) is 0. The molecular formula is C5H12NO2. The first kappa shape index (κ1) is 7.88. The highest BCUT2D eigenvalue weighted by Crippen LogP contribution is 1.92. The molecule has 0 aromatic carbocycles. The van der Waals surface area contributed by atoms with Crippen LogP contribution in [-0.2, 0) is 9.47 Å². The van der Waals surface area contributed by atoms with Gasteiger partial charge in [0.15, 0.2) is 0 Å². The van der Waals surface area contributed by atoms with E-state index in [0.29, 0.717) is 13.2 Å². The lowest BCUT2D eigenvalue weighted by Crippen LogP contribution is -2.17. The quantitative estimate of drug-likeness (QED) is 0.583. The first-order chi connectivity index (χ1) is 3.81. The smallest absolute Gasteiger partial charge is 0.297 e. The van der Waals surface area contributed by atoms with Crippen LogP contribution in [0.3, 0.4) is 0 Å². The minimum atomic E-state index is 0.162. The molecule has 0 spiro atoms. The van der Waals surface area contributed by atoms with E-state index in [1.54, 1.807) is 0 Å². The van der Waals surface area contributed by atoms with Crippen molar-refractivity contribution in [1.82, 2.24) is 0 Å². The zero-order valence-corrected chi connectivity index (χ0v) is 5.31. The van der Waals surface area contributed by atoms with E-state index in [9.17, 15) is 0 Å². The van der Waals surface area contributed by atoms with Crippen molar-refractivity contribution in [3.05, 3.63) is 6.41 Å². The molecule has 1 radical (unpaired) electrons. The van der Waals surface area contributed by atoms with E-state index in [0.717, 1.165) is 0 Å². The SMILES string of the molecule is CCO[C](N)OCC. The molecule has 3 nitrogen and oxygen atoms in total. The molecule has 0 saturated carbocycles. The topological polar surface area (TPSA) is 44.5 Å². The van der Waals surface area contributed by atoms with Gasteiger partial charge >= 0.3 is 0 Å². The van der Waals surface area contributed by atoms with Gasteiger partial charge in [0.25, 0.3) is 6.41 Å². The second-order valence-corrected chi connectivity index (χ2v) is 1.19. The molecule has 3 heteroatoms. The average Bonchev–Trinajstić information content (AvgIpc) is 1.68. The molecule has 0 unspecified atom stereocenters. The number of nitrogens with two attached hydrogens (primary N) is 1. The Bertz CT molecular complexity index is 43.7. The fraction of sp³-hybridized carbons (Fsp3) is 0.800. The van der Waals surface area contributed by atoms with Gasteiger partial charge in [-0.15, -0.1) is 0 Å². The van der Waals surface area contributed by atoms with Crippen LogP contribution in [0.15, 0.2) is 0 Å². The Balaban J connectivity index is 2.92. The van der Waals surface area contributed by atoms with Crippen molar-refractivity contribution in [2.24, 2.45) is 5.73 Å². The van der Waals surface area contributed by atoms with Crippen molar-refractivity contribution < 1.29 is 9.47 Å². The third-order valence-electron chi connectivity index (χ3n) is 0.573. The molecule has 0 saturated heterocycles. The molecule has 49 valence electrons. The Hall–Kier alpha value is -0.120. The lowest BCUT2D eigenvalue weighted by molar-refractivity contribution is -0.0347. The summed E-state index contributed by atoms with van der Waals surface area (Å²) < 4.78 is 9.51. The van der Waals surface area contributed by atoms with Crippen molar-refractivity contribution in [3.63, 3.8) is 0 Å². The second kappa shape index (κ2) is 5.03. The highest BCUT2D eigenvalue weighted by atomic mass is 16.7. The summed E-state index contributed by atoms with van der Waals surface area (Å²) in [7, 11) is 0. The first-order valence-corrected chi connectivity index (χ1v) is 2.69. The molecule has 0 fully saturated rings. The van der Waals surface area contributed by atoms with Crippen molar-refractivity contribution in [2.75, 3.05) is 13.2 Å². The van der Waals surface area contributed by atoms with Crippen LogP contribution < -0.4 is 5.73 Å². The molecule has 0 aliphatic carbocycles. The second-order valence-electron chi connectivity index (χ2n) is 1.19. The third kappa shape index (κ3) is 4.05. The highest BCUT2D eigenvalue weighted by molar-refractivity contribution is 4.48. The number of hydrogen-bond donors (Lipinski definition) is 1. The van der Waals surface area contributed by atoms with Crippen LogP contribution in [0.2, 0.25) is 0 Å². The van der Waals surface area contributed by atoms with Crippen LogP contribution in [-0.4, -0.2) is 13.2 Å². The number of hydrogen-bond acceptors (Lipinski definition) is 3. The van der Waals surface area contributed by atoms with Gasteiger partial charge in [-0.3, -0.25) is 5.73 Å². The third-order valence-corrected chi connectivity index (χ3v) is 0.573. The van der Waals surface area contributed by atoms with Crippen molar-refractivity contribution >= 4 is 0 Å². The minimum absolute atomic E-state index is 0.162. The average molecular weight is 118 g/mol. The van der Waals surface area contributed by atoms with Gasteiger partial charge < -0.3 is 9.47 Å². The predicted molar refractivity (Wildman–Crippen MR) is 30.7 cm³/mol. The summed E-state index contributed by atoms with van der Waals surface area (Å²) in [5.41, 5.74) is 5.17. The van der Waals surface area contributed by atoms with E-state index in [2.05, 4.69) is 0 Å².